The molecule has 126 valence electrons. The van der Waals surface area contributed by atoms with Crippen LogP contribution in [0.1, 0.15) is 20.3 Å². The highest BCUT2D eigenvalue weighted by atomic mass is 32.2. The molecule has 1 heterocycles. The molecule has 23 heavy (non-hydrogen) atoms. The van der Waals surface area contributed by atoms with E-state index < -0.39 is 15.7 Å². The Hall–Kier alpha value is -1.89. The monoisotopic (exact) mass is 341 g/mol. The standard InChI is InChI=1S/C16H20FNO4S/c1-11(2)18(13-4-5-15(22-3)14(17)9-13)16(19)8-12-6-7-23(20,21)10-12/h4-7,9,11-12H,8,10H2,1-3H3/t12-/m0/s1. The molecule has 1 amide bonds. The second-order valence-electron chi connectivity index (χ2n) is 5.80. The van der Waals surface area contributed by atoms with E-state index >= 15 is 0 Å². The van der Waals surface area contributed by atoms with E-state index in [9.17, 15) is 17.6 Å². The molecule has 1 aromatic rings. The smallest absolute Gasteiger partial charge is 0.227 e. The van der Waals surface area contributed by atoms with E-state index in [-0.39, 0.29) is 35.8 Å². The molecule has 0 saturated heterocycles. The van der Waals surface area contributed by atoms with Crippen molar-refractivity contribution in [2.45, 2.75) is 26.3 Å². The summed E-state index contributed by atoms with van der Waals surface area (Å²) in [5.41, 5.74) is 0.424. The number of ether oxygens (including phenoxy) is 1. The summed E-state index contributed by atoms with van der Waals surface area (Å²) in [4.78, 5) is 14.0. The Morgan fingerprint density at radius 3 is 2.61 bits per heavy atom. The molecule has 1 aliphatic rings. The first-order chi connectivity index (χ1) is 10.7. The van der Waals surface area contributed by atoms with Gasteiger partial charge in [-0.05, 0) is 26.0 Å². The topological polar surface area (TPSA) is 63.7 Å². The SMILES string of the molecule is COc1ccc(N(C(=O)C[C@@H]2C=CS(=O)(=O)C2)C(C)C)cc1F. The quantitative estimate of drug-likeness (QED) is 0.825. The number of methoxy groups -OCH3 is 1. The molecule has 0 radical (unpaired) electrons. The third-order valence-corrected chi connectivity index (χ3v) is 5.10. The van der Waals surface area contributed by atoms with Crippen molar-refractivity contribution < 1.29 is 22.3 Å². The van der Waals surface area contributed by atoms with Crippen molar-refractivity contribution in [2.75, 3.05) is 17.8 Å². The van der Waals surface area contributed by atoms with Gasteiger partial charge in [-0.1, -0.05) is 6.08 Å². The average Bonchev–Trinajstić information content (AvgIpc) is 2.77. The summed E-state index contributed by atoms with van der Waals surface area (Å²) >= 11 is 0. The van der Waals surface area contributed by atoms with Crippen LogP contribution in [0.3, 0.4) is 0 Å². The van der Waals surface area contributed by atoms with E-state index in [4.69, 9.17) is 4.74 Å². The first-order valence-electron chi connectivity index (χ1n) is 7.30. The Labute approximate surface area is 135 Å². The van der Waals surface area contributed by atoms with Gasteiger partial charge in [-0.25, -0.2) is 12.8 Å². The number of hydrogen-bond donors (Lipinski definition) is 0. The summed E-state index contributed by atoms with van der Waals surface area (Å²) in [7, 11) is -1.82. The van der Waals surface area contributed by atoms with Crippen molar-refractivity contribution in [1.29, 1.82) is 0 Å². The Bertz CT molecular complexity index is 728. The highest BCUT2D eigenvalue weighted by Gasteiger charge is 2.28. The maximum Gasteiger partial charge on any atom is 0.227 e. The largest absolute Gasteiger partial charge is 0.494 e. The van der Waals surface area contributed by atoms with E-state index in [1.54, 1.807) is 12.1 Å². The van der Waals surface area contributed by atoms with Crippen LogP contribution in [0.5, 0.6) is 5.75 Å². The van der Waals surface area contributed by atoms with E-state index in [0.717, 1.165) is 5.41 Å². The number of carbonyl (C=O) groups excluding carboxylic acids is 1. The van der Waals surface area contributed by atoms with Crippen molar-refractivity contribution >= 4 is 21.4 Å². The second kappa shape index (κ2) is 6.70. The van der Waals surface area contributed by atoms with E-state index in [0.29, 0.717) is 5.69 Å². The molecule has 1 atom stereocenters. The fourth-order valence-electron chi connectivity index (χ4n) is 2.63. The Balaban J connectivity index is 2.20. The number of halogens is 1. The number of rotatable bonds is 5. The number of carbonyl (C=O) groups is 1. The fraction of sp³-hybridized carbons (Fsp3) is 0.438. The minimum atomic E-state index is -3.20. The molecule has 5 nitrogen and oxygen atoms in total. The van der Waals surface area contributed by atoms with Gasteiger partial charge in [0.2, 0.25) is 5.91 Å². The first-order valence-corrected chi connectivity index (χ1v) is 9.01. The van der Waals surface area contributed by atoms with Crippen LogP contribution < -0.4 is 9.64 Å². The minimum absolute atomic E-state index is 0.0539. The molecule has 0 aromatic heterocycles. The number of nitrogens with zero attached hydrogens (tertiary/aromatic N) is 1. The normalized spacial score (nSPS) is 19.1. The maximum absolute atomic E-state index is 13.9. The van der Waals surface area contributed by atoms with E-state index in [1.165, 1.54) is 24.1 Å². The lowest BCUT2D eigenvalue weighted by Crippen LogP contribution is -2.38. The molecule has 0 spiro atoms. The van der Waals surface area contributed by atoms with Crippen molar-refractivity contribution in [1.82, 2.24) is 0 Å². The molecule has 0 N–H and O–H groups in total. The van der Waals surface area contributed by atoms with Gasteiger partial charge in [-0.3, -0.25) is 4.79 Å². The Kier molecular flexibility index (Phi) is 5.09. The molecule has 0 unspecified atom stereocenters. The van der Waals surface area contributed by atoms with Gasteiger partial charge in [0, 0.05) is 35.5 Å². The molecule has 1 aromatic carbocycles. The molecule has 2 rings (SSSR count). The number of allylic oxidation sites excluding steroid dienone is 1. The van der Waals surface area contributed by atoms with Crippen LogP contribution in [0.15, 0.2) is 29.7 Å². The van der Waals surface area contributed by atoms with Crippen molar-refractivity contribution in [2.24, 2.45) is 5.92 Å². The van der Waals surface area contributed by atoms with Crippen LogP contribution in [0.25, 0.3) is 0 Å². The van der Waals surface area contributed by atoms with Crippen LogP contribution in [0, 0.1) is 11.7 Å². The van der Waals surface area contributed by atoms with Crippen molar-refractivity contribution in [3.8, 4) is 5.75 Å². The number of sulfone groups is 1. The van der Waals surface area contributed by atoms with Gasteiger partial charge in [0.05, 0.1) is 12.9 Å². The summed E-state index contributed by atoms with van der Waals surface area (Å²) in [6.45, 7) is 3.64. The molecule has 7 heteroatoms. The molecular weight excluding hydrogens is 321 g/mol. The highest BCUT2D eigenvalue weighted by Crippen LogP contribution is 2.27. The predicted octanol–water partition coefficient (Wildman–Crippen LogP) is 2.52. The summed E-state index contributed by atoms with van der Waals surface area (Å²) in [5, 5.41) is 1.15. The van der Waals surface area contributed by atoms with Gasteiger partial charge in [0.1, 0.15) is 0 Å². The first kappa shape index (κ1) is 17.5. The van der Waals surface area contributed by atoms with Crippen LogP contribution >= 0.6 is 0 Å². The van der Waals surface area contributed by atoms with Crippen LogP contribution in [-0.4, -0.2) is 33.2 Å². The van der Waals surface area contributed by atoms with Gasteiger partial charge in [-0.15, -0.1) is 0 Å². The number of hydrogen-bond acceptors (Lipinski definition) is 4. The summed E-state index contributed by atoms with van der Waals surface area (Å²) in [6.07, 6.45) is 1.61. The number of amides is 1. The van der Waals surface area contributed by atoms with Gasteiger partial charge < -0.3 is 9.64 Å². The zero-order valence-electron chi connectivity index (χ0n) is 13.3. The van der Waals surface area contributed by atoms with Crippen molar-refractivity contribution in [3.63, 3.8) is 0 Å². The Morgan fingerprint density at radius 1 is 1.43 bits per heavy atom. The van der Waals surface area contributed by atoms with Crippen LogP contribution in [0.2, 0.25) is 0 Å². The van der Waals surface area contributed by atoms with E-state index in [1.807, 2.05) is 13.8 Å². The summed E-state index contributed by atoms with van der Waals surface area (Å²) in [5.74, 6) is -1.07. The molecule has 0 aliphatic carbocycles. The summed E-state index contributed by atoms with van der Waals surface area (Å²) in [6, 6.07) is 4.14. The average molecular weight is 341 g/mol. The van der Waals surface area contributed by atoms with Crippen LogP contribution in [0.4, 0.5) is 10.1 Å². The maximum atomic E-state index is 13.9. The van der Waals surface area contributed by atoms with Gasteiger partial charge >= 0.3 is 0 Å². The van der Waals surface area contributed by atoms with Gasteiger partial charge in [0.15, 0.2) is 21.4 Å². The molecular formula is C16H20FNO4S. The van der Waals surface area contributed by atoms with Gasteiger partial charge in [-0.2, -0.15) is 0 Å². The van der Waals surface area contributed by atoms with Crippen LogP contribution in [-0.2, 0) is 14.6 Å². The molecule has 0 fully saturated rings. The Morgan fingerprint density at radius 2 is 2.13 bits per heavy atom. The van der Waals surface area contributed by atoms with Gasteiger partial charge in [0.25, 0.3) is 0 Å². The third-order valence-electron chi connectivity index (χ3n) is 3.64. The molecule has 1 aliphatic heterocycles. The predicted molar refractivity (Wildman–Crippen MR) is 86.6 cm³/mol. The van der Waals surface area contributed by atoms with E-state index in [2.05, 4.69) is 0 Å². The van der Waals surface area contributed by atoms with Crippen molar-refractivity contribution in [3.05, 3.63) is 35.5 Å². The third kappa shape index (κ3) is 4.10. The highest BCUT2D eigenvalue weighted by molar-refractivity contribution is 7.94. The minimum Gasteiger partial charge on any atom is -0.494 e. The number of anilines is 1. The lowest BCUT2D eigenvalue weighted by Gasteiger charge is -2.28. The zero-order chi connectivity index (χ0) is 17.2. The molecule has 0 bridgehead atoms. The molecule has 0 saturated carbocycles. The number of benzene rings is 1. The summed E-state index contributed by atoms with van der Waals surface area (Å²) < 4.78 is 41.6. The zero-order valence-corrected chi connectivity index (χ0v) is 14.1. The lowest BCUT2D eigenvalue weighted by atomic mass is 10.1. The fourth-order valence-corrected chi connectivity index (χ4v) is 4.02. The lowest BCUT2D eigenvalue weighted by molar-refractivity contribution is -0.119. The second-order valence-corrected chi connectivity index (χ2v) is 7.73.